The zero-order valence-corrected chi connectivity index (χ0v) is 13.6. The lowest BCUT2D eigenvalue weighted by Crippen LogP contribution is -2.50. The fourth-order valence-corrected chi connectivity index (χ4v) is 3.87. The number of nitrogens with zero attached hydrogens (tertiary/aromatic N) is 1. The predicted molar refractivity (Wildman–Crippen MR) is 80.1 cm³/mol. The van der Waals surface area contributed by atoms with E-state index in [1.807, 2.05) is 0 Å². The van der Waals surface area contributed by atoms with Gasteiger partial charge in [-0.25, -0.2) is 0 Å². The molecule has 2 saturated heterocycles. The molecule has 0 aromatic heterocycles. The molecule has 4 unspecified atom stereocenters. The van der Waals surface area contributed by atoms with E-state index < -0.39 is 0 Å². The lowest BCUT2D eigenvalue weighted by Gasteiger charge is -2.39. The summed E-state index contributed by atoms with van der Waals surface area (Å²) in [7, 11) is 0. The molecule has 2 fully saturated rings. The minimum absolute atomic E-state index is 0.116. The van der Waals surface area contributed by atoms with Crippen molar-refractivity contribution < 1.29 is 4.74 Å². The topological polar surface area (TPSA) is 38.5 Å². The second-order valence-electron chi connectivity index (χ2n) is 7.94. The highest BCUT2D eigenvalue weighted by atomic mass is 16.5. The van der Waals surface area contributed by atoms with Crippen LogP contribution >= 0.6 is 0 Å². The van der Waals surface area contributed by atoms with Gasteiger partial charge in [-0.15, -0.1) is 0 Å². The van der Waals surface area contributed by atoms with Gasteiger partial charge in [0.2, 0.25) is 0 Å². The van der Waals surface area contributed by atoms with E-state index in [-0.39, 0.29) is 17.2 Å². The van der Waals surface area contributed by atoms with E-state index >= 15 is 0 Å². The Kier molecular flexibility index (Phi) is 4.03. The SMILES string of the molecule is CC1CCN(CC2C(N)C(C)(C)OC2(C)C)CC1C. The van der Waals surface area contributed by atoms with Crippen LogP contribution in [-0.4, -0.2) is 41.8 Å². The molecule has 3 nitrogen and oxygen atoms in total. The molecule has 0 saturated carbocycles. The monoisotopic (exact) mass is 268 g/mol. The first-order chi connectivity index (χ1) is 8.63. The summed E-state index contributed by atoms with van der Waals surface area (Å²) >= 11 is 0. The lowest BCUT2D eigenvalue weighted by molar-refractivity contribution is -0.0793. The van der Waals surface area contributed by atoms with Crippen molar-refractivity contribution in [3.8, 4) is 0 Å². The minimum atomic E-state index is -0.205. The van der Waals surface area contributed by atoms with Gasteiger partial charge in [0.05, 0.1) is 11.2 Å². The molecule has 3 heteroatoms. The number of hydrogen-bond acceptors (Lipinski definition) is 3. The molecule has 0 bridgehead atoms. The molecule has 2 N–H and O–H groups in total. The van der Waals surface area contributed by atoms with E-state index in [9.17, 15) is 0 Å². The second kappa shape index (κ2) is 5.01. The van der Waals surface area contributed by atoms with Crippen molar-refractivity contribution in [2.45, 2.75) is 65.2 Å². The largest absolute Gasteiger partial charge is 0.368 e. The van der Waals surface area contributed by atoms with Crippen LogP contribution in [0.5, 0.6) is 0 Å². The average Bonchev–Trinajstić information content (AvgIpc) is 2.42. The second-order valence-corrected chi connectivity index (χ2v) is 7.94. The van der Waals surface area contributed by atoms with Crippen LogP contribution in [0.2, 0.25) is 0 Å². The number of piperidine rings is 1. The molecule has 2 rings (SSSR count). The van der Waals surface area contributed by atoms with Gasteiger partial charge in [0.25, 0.3) is 0 Å². The molecule has 0 aromatic carbocycles. The highest BCUT2D eigenvalue weighted by Crippen LogP contribution is 2.42. The van der Waals surface area contributed by atoms with Gasteiger partial charge in [0, 0.05) is 25.0 Å². The molecule has 4 atom stereocenters. The van der Waals surface area contributed by atoms with E-state index in [0.29, 0.717) is 5.92 Å². The molecule has 0 spiro atoms. The maximum absolute atomic E-state index is 6.46. The first-order valence-corrected chi connectivity index (χ1v) is 7.81. The Morgan fingerprint density at radius 3 is 2.21 bits per heavy atom. The predicted octanol–water partition coefficient (Wildman–Crippen LogP) is 2.50. The van der Waals surface area contributed by atoms with Gasteiger partial charge in [-0.2, -0.15) is 0 Å². The number of rotatable bonds is 2. The van der Waals surface area contributed by atoms with Crippen molar-refractivity contribution in [2.75, 3.05) is 19.6 Å². The molecular weight excluding hydrogens is 236 g/mol. The third-order valence-electron chi connectivity index (χ3n) is 5.53. The third kappa shape index (κ3) is 2.98. The minimum Gasteiger partial charge on any atom is -0.368 e. The number of ether oxygens (including phenoxy) is 1. The zero-order chi connectivity index (χ0) is 14.4. The Balaban J connectivity index is 2.02. The number of likely N-dealkylation sites (tertiary alicyclic amines) is 1. The van der Waals surface area contributed by atoms with Crippen LogP contribution in [0.3, 0.4) is 0 Å². The summed E-state index contributed by atoms with van der Waals surface area (Å²) < 4.78 is 6.20. The zero-order valence-electron chi connectivity index (χ0n) is 13.6. The van der Waals surface area contributed by atoms with Crippen molar-refractivity contribution in [1.82, 2.24) is 4.90 Å². The normalized spacial score (nSPS) is 42.5. The van der Waals surface area contributed by atoms with Crippen molar-refractivity contribution in [3.05, 3.63) is 0 Å². The molecule has 19 heavy (non-hydrogen) atoms. The van der Waals surface area contributed by atoms with Crippen LogP contribution in [-0.2, 0) is 4.74 Å². The molecule has 0 amide bonds. The van der Waals surface area contributed by atoms with Gasteiger partial charge < -0.3 is 15.4 Å². The van der Waals surface area contributed by atoms with Gasteiger partial charge >= 0.3 is 0 Å². The van der Waals surface area contributed by atoms with Crippen LogP contribution in [0.25, 0.3) is 0 Å². The summed E-state index contributed by atoms with van der Waals surface area (Å²) in [6.07, 6.45) is 1.31. The van der Waals surface area contributed by atoms with Crippen molar-refractivity contribution in [1.29, 1.82) is 0 Å². The molecular formula is C16H32N2O. The van der Waals surface area contributed by atoms with E-state index in [1.54, 1.807) is 0 Å². The summed E-state index contributed by atoms with van der Waals surface area (Å²) in [4.78, 5) is 2.60. The first-order valence-electron chi connectivity index (χ1n) is 7.81. The standard InChI is InChI=1S/C16H32N2O/c1-11-7-8-18(9-12(11)2)10-13-14(17)16(5,6)19-15(13,3)4/h11-14H,7-10,17H2,1-6H3. The summed E-state index contributed by atoms with van der Waals surface area (Å²) in [5, 5.41) is 0. The number of hydrogen-bond donors (Lipinski definition) is 1. The van der Waals surface area contributed by atoms with E-state index in [1.165, 1.54) is 19.5 Å². The highest BCUT2D eigenvalue weighted by molar-refractivity contribution is 5.04. The summed E-state index contributed by atoms with van der Waals surface area (Å²) in [5.74, 6) is 2.07. The summed E-state index contributed by atoms with van der Waals surface area (Å²) in [6.45, 7) is 16.9. The quantitative estimate of drug-likeness (QED) is 0.836. The third-order valence-corrected chi connectivity index (χ3v) is 5.53. The summed E-state index contributed by atoms with van der Waals surface area (Å²) in [6, 6.07) is 0.122. The Morgan fingerprint density at radius 1 is 1.11 bits per heavy atom. The molecule has 0 aromatic rings. The van der Waals surface area contributed by atoms with Crippen molar-refractivity contribution in [3.63, 3.8) is 0 Å². The van der Waals surface area contributed by atoms with Gasteiger partial charge in [-0.1, -0.05) is 13.8 Å². The van der Waals surface area contributed by atoms with Crippen LogP contribution in [0.15, 0.2) is 0 Å². The van der Waals surface area contributed by atoms with Gasteiger partial charge in [0.1, 0.15) is 0 Å². The van der Waals surface area contributed by atoms with E-state index in [0.717, 1.165) is 18.4 Å². The maximum Gasteiger partial charge on any atom is 0.0788 e. The molecule has 2 heterocycles. The molecule has 2 aliphatic rings. The van der Waals surface area contributed by atoms with Crippen LogP contribution in [0, 0.1) is 17.8 Å². The van der Waals surface area contributed by atoms with Gasteiger partial charge in [0.15, 0.2) is 0 Å². The van der Waals surface area contributed by atoms with Gasteiger partial charge in [-0.05, 0) is 52.5 Å². The molecule has 0 aliphatic carbocycles. The van der Waals surface area contributed by atoms with Crippen molar-refractivity contribution >= 4 is 0 Å². The smallest absolute Gasteiger partial charge is 0.0788 e. The van der Waals surface area contributed by atoms with Gasteiger partial charge in [-0.3, -0.25) is 0 Å². The van der Waals surface area contributed by atoms with E-state index in [4.69, 9.17) is 10.5 Å². The highest BCUT2D eigenvalue weighted by Gasteiger charge is 2.52. The van der Waals surface area contributed by atoms with Crippen LogP contribution < -0.4 is 5.73 Å². The van der Waals surface area contributed by atoms with Crippen LogP contribution in [0.1, 0.15) is 48.0 Å². The molecule has 112 valence electrons. The fraction of sp³-hybridized carbons (Fsp3) is 1.00. The Labute approximate surface area is 118 Å². The molecule has 0 radical (unpaired) electrons. The summed E-state index contributed by atoms with van der Waals surface area (Å²) in [5.41, 5.74) is 6.14. The average molecular weight is 268 g/mol. The Hall–Kier alpha value is -0.120. The maximum atomic E-state index is 6.46. The Bertz CT molecular complexity index is 327. The Morgan fingerprint density at radius 2 is 1.74 bits per heavy atom. The fourth-order valence-electron chi connectivity index (χ4n) is 3.87. The lowest BCUT2D eigenvalue weighted by atomic mass is 9.81. The first kappa shape index (κ1) is 15.3. The van der Waals surface area contributed by atoms with Crippen molar-refractivity contribution in [2.24, 2.45) is 23.5 Å². The number of nitrogens with two attached hydrogens (primary N) is 1. The molecule has 2 aliphatic heterocycles. The van der Waals surface area contributed by atoms with E-state index in [2.05, 4.69) is 46.4 Å². The van der Waals surface area contributed by atoms with Crippen LogP contribution in [0.4, 0.5) is 0 Å².